The van der Waals surface area contributed by atoms with E-state index < -0.39 is 0 Å². The fourth-order valence-electron chi connectivity index (χ4n) is 2.63. The van der Waals surface area contributed by atoms with Crippen LogP contribution >= 0.6 is 0 Å². The Bertz CT molecular complexity index is 300. The van der Waals surface area contributed by atoms with Crippen LogP contribution in [-0.4, -0.2) is 70.2 Å². The van der Waals surface area contributed by atoms with E-state index in [-0.39, 0.29) is 37.9 Å². The maximum Gasteiger partial charge on any atom is 0.410 e. The summed E-state index contributed by atoms with van der Waals surface area (Å²) in [5.41, 5.74) is 0. The molecule has 19 heavy (non-hydrogen) atoms. The highest BCUT2D eigenvalue weighted by Crippen LogP contribution is 2.30. The van der Waals surface area contributed by atoms with Gasteiger partial charge in [0.05, 0.1) is 24.8 Å². The van der Waals surface area contributed by atoms with Crippen molar-refractivity contribution in [2.24, 2.45) is 0 Å². The third-order valence-corrected chi connectivity index (χ3v) is 3.40. The lowest BCUT2D eigenvalue weighted by Gasteiger charge is -2.38. The SMILES string of the molecule is COCOC[C@@H]1C[C@H](OCOC)C[C@@H]2COC(=O)N12. The van der Waals surface area contributed by atoms with E-state index in [1.165, 1.54) is 0 Å². The third-order valence-electron chi connectivity index (χ3n) is 3.40. The average Bonchev–Trinajstić information content (AvgIpc) is 2.78. The lowest BCUT2D eigenvalue weighted by Crippen LogP contribution is -2.52. The first-order valence-corrected chi connectivity index (χ1v) is 6.38. The van der Waals surface area contributed by atoms with Gasteiger partial charge in [0.25, 0.3) is 0 Å². The summed E-state index contributed by atoms with van der Waals surface area (Å²) in [6.45, 7) is 1.32. The normalized spacial score (nSPS) is 30.3. The van der Waals surface area contributed by atoms with Crippen LogP contribution in [-0.2, 0) is 23.7 Å². The number of hydrogen-bond acceptors (Lipinski definition) is 6. The Morgan fingerprint density at radius 2 is 2.05 bits per heavy atom. The summed E-state index contributed by atoms with van der Waals surface area (Å²) in [6.07, 6.45) is 1.29. The smallest absolute Gasteiger partial charge is 0.410 e. The molecule has 0 aromatic rings. The first-order valence-electron chi connectivity index (χ1n) is 6.38. The molecular formula is C12H21NO6. The summed E-state index contributed by atoms with van der Waals surface area (Å²) in [5, 5.41) is 0. The summed E-state index contributed by atoms with van der Waals surface area (Å²) in [4.78, 5) is 13.5. The number of carbonyl (C=O) groups is 1. The molecular weight excluding hydrogens is 254 g/mol. The lowest BCUT2D eigenvalue weighted by molar-refractivity contribution is -0.112. The third kappa shape index (κ3) is 3.56. The molecule has 2 fully saturated rings. The van der Waals surface area contributed by atoms with Crippen LogP contribution in [0, 0.1) is 0 Å². The van der Waals surface area contributed by atoms with Crippen molar-refractivity contribution >= 4 is 6.09 Å². The quantitative estimate of drug-likeness (QED) is 0.500. The van der Waals surface area contributed by atoms with Crippen LogP contribution < -0.4 is 0 Å². The van der Waals surface area contributed by atoms with Gasteiger partial charge in [0.1, 0.15) is 20.2 Å². The van der Waals surface area contributed by atoms with Gasteiger partial charge in [-0.1, -0.05) is 0 Å². The average molecular weight is 275 g/mol. The number of fused-ring (bicyclic) bond motifs is 1. The van der Waals surface area contributed by atoms with Crippen LogP contribution in [0.15, 0.2) is 0 Å². The highest BCUT2D eigenvalue weighted by molar-refractivity contribution is 5.70. The van der Waals surface area contributed by atoms with Crippen molar-refractivity contribution in [1.29, 1.82) is 0 Å². The maximum absolute atomic E-state index is 11.7. The number of methoxy groups -OCH3 is 2. The van der Waals surface area contributed by atoms with Crippen LogP contribution in [0.2, 0.25) is 0 Å². The Morgan fingerprint density at radius 1 is 1.26 bits per heavy atom. The fraction of sp³-hybridized carbons (Fsp3) is 0.917. The minimum Gasteiger partial charge on any atom is -0.447 e. The van der Waals surface area contributed by atoms with E-state index in [9.17, 15) is 4.79 Å². The predicted molar refractivity (Wildman–Crippen MR) is 64.6 cm³/mol. The number of cyclic esters (lactones) is 1. The van der Waals surface area contributed by atoms with Crippen molar-refractivity contribution in [1.82, 2.24) is 4.90 Å². The van der Waals surface area contributed by atoms with Crippen molar-refractivity contribution < 1.29 is 28.5 Å². The molecule has 110 valence electrons. The number of amides is 1. The van der Waals surface area contributed by atoms with Crippen molar-refractivity contribution in [2.75, 3.05) is 41.0 Å². The molecule has 0 aliphatic carbocycles. The van der Waals surface area contributed by atoms with E-state index in [4.69, 9.17) is 23.7 Å². The fourth-order valence-corrected chi connectivity index (χ4v) is 2.63. The van der Waals surface area contributed by atoms with Gasteiger partial charge in [0.15, 0.2) is 0 Å². The molecule has 2 rings (SSSR count). The first-order chi connectivity index (χ1) is 9.26. The largest absolute Gasteiger partial charge is 0.447 e. The summed E-state index contributed by atoms with van der Waals surface area (Å²) < 4.78 is 25.9. The zero-order valence-corrected chi connectivity index (χ0v) is 11.4. The van der Waals surface area contributed by atoms with Gasteiger partial charge in [-0.3, -0.25) is 4.90 Å². The zero-order chi connectivity index (χ0) is 13.7. The van der Waals surface area contributed by atoms with Crippen molar-refractivity contribution in [3.05, 3.63) is 0 Å². The molecule has 2 saturated heterocycles. The monoisotopic (exact) mass is 275 g/mol. The lowest BCUT2D eigenvalue weighted by atomic mass is 9.95. The molecule has 0 radical (unpaired) electrons. The van der Waals surface area contributed by atoms with Gasteiger partial charge in [0.2, 0.25) is 0 Å². The Kier molecular flexibility index (Phi) is 5.38. The number of rotatable bonds is 7. The maximum atomic E-state index is 11.7. The van der Waals surface area contributed by atoms with E-state index >= 15 is 0 Å². The summed E-state index contributed by atoms with van der Waals surface area (Å²) in [6, 6.07) is 0.0324. The van der Waals surface area contributed by atoms with Crippen LogP contribution in [0.5, 0.6) is 0 Å². The number of hydrogen-bond donors (Lipinski definition) is 0. The summed E-state index contributed by atoms with van der Waals surface area (Å²) in [5.74, 6) is 0. The molecule has 0 aromatic heterocycles. The standard InChI is InChI=1S/C12H21NO6/c1-15-7-17-5-9-3-11(19-8-16-2)4-10-6-18-12(14)13(9)10/h9-11H,3-8H2,1-2H3/t9-,10+,11-/m0/s1. The van der Waals surface area contributed by atoms with Gasteiger partial charge >= 0.3 is 6.09 Å². The Labute approximate surface area is 112 Å². The molecule has 0 bridgehead atoms. The molecule has 2 heterocycles. The Hall–Kier alpha value is -0.890. The Balaban J connectivity index is 1.92. The summed E-state index contributed by atoms with van der Waals surface area (Å²) >= 11 is 0. The van der Waals surface area contributed by atoms with Gasteiger partial charge in [-0.15, -0.1) is 0 Å². The minimum atomic E-state index is -0.263. The molecule has 1 amide bonds. The van der Waals surface area contributed by atoms with E-state index in [0.717, 1.165) is 12.8 Å². The first kappa shape index (κ1) is 14.5. The van der Waals surface area contributed by atoms with E-state index in [1.54, 1.807) is 19.1 Å². The van der Waals surface area contributed by atoms with Crippen molar-refractivity contribution in [2.45, 2.75) is 31.0 Å². The van der Waals surface area contributed by atoms with Crippen LogP contribution in [0.4, 0.5) is 4.79 Å². The van der Waals surface area contributed by atoms with Crippen LogP contribution in [0.3, 0.4) is 0 Å². The molecule has 0 aromatic carbocycles. The van der Waals surface area contributed by atoms with Gasteiger partial charge in [-0.25, -0.2) is 4.79 Å². The molecule has 0 spiro atoms. The number of carbonyl (C=O) groups excluding carboxylic acids is 1. The molecule has 7 heteroatoms. The van der Waals surface area contributed by atoms with E-state index in [1.807, 2.05) is 0 Å². The van der Waals surface area contributed by atoms with Crippen molar-refractivity contribution in [3.63, 3.8) is 0 Å². The second-order valence-electron chi connectivity index (χ2n) is 4.74. The van der Waals surface area contributed by atoms with Crippen LogP contribution in [0.25, 0.3) is 0 Å². The summed E-state index contributed by atoms with van der Waals surface area (Å²) in [7, 11) is 3.16. The molecule has 7 nitrogen and oxygen atoms in total. The van der Waals surface area contributed by atoms with Gasteiger partial charge in [0, 0.05) is 14.2 Å². The van der Waals surface area contributed by atoms with Gasteiger partial charge in [-0.05, 0) is 12.8 Å². The molecule has 2 aliphatic heterocycles. The molecule has 2 aliphatic rings. The van der Waals surface area contributed by atoms with E-state index in [0.29, 0.717) is 13.2 Å². The number of ether oxygens (including phenoxy) is 5. The van der Waals surface area contributed by atoms with Crippen molar-refractivity contribution in [3.8, 4) is 0 Å². The Morgan fingerprint density at radius 3 is 2.79 bits per heavy atom. The second kappa shape index (κ2) is 7.04. The zero-order valence-electron chi connectivity index (χ0n) is 11.4. The molecule has 0 unspecified atom stereocenters. The topological polar surface area (TPSA) is 66.5 Å². The minimum absolute atomic E-state index is 0.0363. The molecule has 0 N–H and O–H groups in total. The van der Waals surface area contributed by atoms with Gasteiger partial charge < -0.3 is 23.7 Å². The predicted octanol–water partition coefficient (Wildman–Crippen LogP) is 0.579. The molecule has 3 atom stereocenters. The number of piperidine rings is 1. The number of nitrogens with zero attached hydrogens (tertiary/aromatic N) is 1. The molecule has 0 saturated carbocycles. The highest BCUT2D eigenvalue weighted by atomic mass is 16.7. The van der Waals surface area contributed by atoms with Gasteiger partial charge in [-0.2, -0.15) is 0 Å². The van der Waals surface area contributed by atoms with Crippen LogP contribution in [0.1, 0.15) is 12.8 Å². The second-order valence-corrected chi connectivity index (χ2v) is 4.74. The highest BCUT2D eigenvalue weighted by Gasteiger charge is 2.44. The van der Waals surface area contributed by atoms with E-state index in [2.05, 4.69) is 0 Å².